The van der Waals surface area contributed by atoms with E-state index >= 15 is 0 Å². The Morgan fingerprint density at radius 2 is 1.93 bits per heavy atom. The van der Waals surface area contributed by atoms with Crippen molar-refractivity contribution in [1.82, 2.24) is 10.6 Å². The Kier molecular flexibility index (Phi) is 6.08. The second-order valence-corrected chi connectivity index (χ2v) is 2.95. The zero-order chi connectivity index (χ0) is 11.8. The van der Waals surface area contributed by atoms with Gasteiger partial charge in [0.1, 0.15) is 6.04 Å². The SMILES string of the molecule is CCOC(=O)C(C)NC(=O)CNC(C)=O. The monoisotopic (exact) mass is 216 g/mol. The molecule has 1 atom stereocenters. The minimum Gasteiger partial charge on any atom is -0.464 e. The highest BCUT2D eigenvalue weighted by atomic mass is 16.5. The molecule has 0 rings (SSSR count). The molecule has 0 aliphatic carbocycles. The summed E-state index contributed by atoms with van der Waals surface area (Å²) in [6.45, 7) is 4.64. The summed E-state index contributed by atoms with van der Waals surface area (Å²) in [5.41, 5.74) is 0. The molecule has 0 aliphatic rings. The standard InChI is InChI=1S/C9H16N2O4/c1-4-15-9(14)6(2)11-8(13)5-10-7(3)12/h6H,4-5H2,1-3H3,(H,10,12)(H,11,13). The molecule has 0 aromatic carbocycles. The smallest absolute Gasteiger partial charge is 0.328 e. The Hall–Kier alpha value is -1.59. The number of amides is 2. The van der Waals surface area contributed by atoms with Gasteiger partial charge in [-0.05, 0) is 13.8 Å². The molecular formula is C9H16N2O4. The molecule has 15 heavy (non-hydrogen) atoms. The molecule has 0 radical (unpaired) electrons. The van der Waals surface area contributed by atoms with Crippen LogP contribution < -0.4 is 10.6 Å². The van der Waals surface area contributed by atoms with E-state index in [0.29, 0.717) is 0 Å². The molecule has 0 saturated carbocycles. The first-order chi connectivity index (χ1) is 6.97. The maximum Gasteiger partial charge on any atom is 0.328 e. The van der Waals surface area contributed by atoms with Crippen molar-refractivity contribution in [2.24, 2.45) is 0 Å². The number of rotatable bonds is 5. The fraction of sp³-hybridized carbons (Fsp3) is 0.667. The Labute approximate surface area is 88.4 Å². The number of esters is 1. The van der Waals surface area contributed by atoms with Gasteiger partial charge in [-0.15, -0.1) is 0 Å². The molecule has 0 bridgehead atoms. The highest BCUT2D eigenvalue weighted by Gasteiger charge is 2.16. The zero-order valence-electron chi connectivity index (χ0n) is 9.12. The summed E-state index contributed by atoms with van der Waals surface area (Å²) in [6.07, 6.45) is 0. The Morgan fingerprint density at radius 3 is 2.40 bits per heavy atom. The van der Waals surface area contributed by atoms with Crippen LogP contribution in [0.4, 0.5) is 0 Å². The Morgan fingerprint density at radius 1 is 1.33 bits per heavy atom. The lowest BCUT2D eigenvalue weighted by Gasteiger charge is -2.12. The second kappa shape index (κ2) is 6.80. The van der Waals surface area contributed by atoms with Crippen molar-refractivity contribution < 1.29 is 19.1 Å². The van der Waals surface area contributed by atoms with E-state index in [0.717, 1.165) is 0 Å². The predicted molar refractivity (Wildman–Crippen MR) is 52.9 cm³/mol. The molecule has 0 saturated heterocycles. The third kappa shape index (κ3) is 6.48. The summed E-state index contributed by atoms with van der Waals surface area (Å²) in [7, 11) is 0. The van der Waals surface area contributed by atoms with Crippen LogP contribution in [-0.4, -0.2) is 37.0 Å². The quantitative estimate of drug-likeness (QED) is 0.589. The summed E-state index contributed by atoms with van der Waals surface area (Å²) in [5.74, 6) is -1.21. The maximum atomic E-state index is 11.1. The number of nitrogens with one attached hydrogen (secondary N) is 2. The molecule has 86 valence electrons. The van der Waals surface area contributed by atoms with Crippen molar-refractivity contribution in [3.8, 4) is 0 Å². The molecule has 6 nitrogen and oxygen atoms in total. The van der Waals surface area contributed by atoms with E-state index in [1.165, 1.54) is 13.8 Å². The van der Waals surface area contributed by atoms with Gasteiger partial charge in [-0.25, -0.2) is 4.79 Å². The molecule has 2 N–H and O–H groups in total. The van der Waals surface area contributed by atoms with Crippen LogP contribution in [0.3, 0.4) is 0 Å². The fourth-order valence-electron chi connectivity index (χ4n) is 0.823. The Balaban J connectivity index is 3.85. The van der Waals surface area contributed by atoms with Crippen molar-refractivity contribution >= 4 is 17.8 Å². The van der Waals surface area contributed by atoms with Crippen LogP contribution in [0.1, 0.15) is 20.8 Å². The van der Waals surface area contributed by atoms with Gasteiger partial charge in [-0.2, -0.15) is 0 Å². The average Bonchev–Trinajstić information content (AvgIpc) is 2.15. The molecule has 0 aromatic rings. The lowest BCUT2D eigenvalue weighted by molar-refractivity contribution is -0.146. The topological polar surface area (TPSA) is 84.5 Å². The largest absolute Gasteiger partial charge is 0.464 e. The van der Waals surface area contributed by atoms with Crippen LogP contribution >= 0.6 is 0 Å². The number of carbonyl (C=O) groups excluding carboxylic acids is 3. The van der Waals surface area contributed by atoms with Gasteiger partial charge >= 0.3 is 5.97 Å². The van der Waals surface area contributed by atoms with Crippen LogP contribution in [-0.2, 0) is 19.1 Å². The van der Waals surface area contributed by atoms with Crippen LogP contribution in [0.25, 0.3) is 0 Å². The van der Waals surface area contributed by atoms with E-state index in [1.807, 2.05) is 0 Å². The van der Waals surface area contributed by atoms with E-state index in [1.54, 1.807) is 6.92 Å². The van der Waals surface area contributed by atoms with E-state index in [-0.39, 0.29) is 19.1 Å². The first-order valence-electron chi connectivity index (χ1n) is 4.67. The molecule has 0 spiro atoms. The third-order valence-corrected chi connectivity index (χ3v) is 1.52. The van der Waals surface area contributed by atoms with Crippen LogP contribution in [0.5, 0.6) is 0 Å². The van der Waals surface area contributed by atoms with Gasteiger partial charge in [0.25, 0.3) is 0 Å². The van der Waals surface area contributed by atoms with Gasteiger partial charge in [0.15, 0.2) is 0 Å². The molecule has 2 amide bonds. The lowest BCUT2D eigenvalue weighted by Crippen LogP contribution is -2.44. The van der Waals surface area contributed by atoms with Gasteiger partial charge < -0.3 is 15.4 Å². The molecule has 0 aromatic heterocycles. The van der Waals surface area contributed by atoms with Gasteiger partial charge in [0, 0.05) is 6.92 Å². The molecule has 0 fully saturated rings. The second-order valence-electron chi connectivity index (χ2n) is 2.95. The van der Waals surface area contributed by atoms with Gasteiger partial charge in [0.2, 0.25) is 11.8 Å². The van der Waals surface area contributed by atoms with Crippen LogP contribution in [0.2, 0.25) is 0 Å². The number of carbonyl (C=O) groups is 3. The number of hydrogen-bond acceptors (Lipinski definition) is 4. The molecular weight excluding hydrogens is 200 g/mol. The molecule has 1 unspecified atom stereocenters. The minimum atomic E-state index is -0.703. The third-order valence-electron chi connectivity index (χ3n) is 1.52. The summed E-state index contributed by atoms with van der Waals surface area (Å²) >= 11 is 0. The average molecular weight is 216 g/mol. The highest BCUT2D eigenvalue weighted by Crippen LogP contribution is 1.87. The summed E-state index contributed by atoms with van der Waals surface area (Å²) in [4.78, 5) is 32.7. The van der Waals surface area contributed by atoms with Crippen molar-refractivity contribution in [1.29, 1.82) is 0 Å². The van der Waals surface area contributed by atoms with Crippen molar-refractivity contribution in [2.45, 2.75) is 26.8 Å². The Bertz CT molecular complexity index is 252. The minimum absolute atomic E-state index is 0.140. The van der Waals surface area contributed by atoms with Crippen LogP contribution in [0.15, 0.2) is 0 Å². The van der Waals surface area contributed by atoms with Crippen molar-refractivity contribution in [3.05, 3.63) is 0 Å². The van der Waals surface area contributed by atoms with Crippen molar-refractivity contribution in [2.75, 3.05) is 13.2 Å². The van der Waals surface area contributed by atoms with E-state index < -0.39 is 17.9 Å². The normalized spacial score (nSPS) is 11.4. The zero-order valence-corrected chi connectivity index (χ0v) is 9.12. The first kappa shape index (κ1) is 13.4. The number of ether oxygens (including phenoxy) is 1. The fourth-order valence-corrected chi connectivity index (χ4v) is 0.823. The summed E-state index contributed by atoms with van der Waals surface area (Å²) < 4.78 is 4.69. The van der Waals surface area contributed by atoms with Crippen LogP contribution in [0, 0.1) is 0 Å². The van der Waals surface area contributed by atoms with Gasteiger partial charge in [0.05, 0.1) is 13.2 Å². The molecule has 0 aliphatic heterocycles. The van der Waals surface area contributed by atoms with Gasteiger partial charge in [-0.1, -0.05) is 0 Å². The molecule has 6 heteroatoms. The lowest BCUT2D eigenvalue weighted by atomic mass is 10.3. The number of hydrogen-bond donors (Lipinski definition) is 2. The van der Waals surface area contributed by atoms with E-state index in [9.17, 15) is 14.4 Å². The summed E-state index contributed by atoms with van der Waals surface area (Å²) in [6, 6.07) is -0.703. The van der Waals surface area contributed by atoms with E-state index in [2.05, 4.69) is 15.4 Å². The molecule has 0 heterocycles. The van der Waals surface area contributed by atoms with Gasteiger partial charge in [-0.3, -0.25) is 9.59 Å². The summed E-state index contributed by atoms with van der Waals surface area (Å²) in [5, 5.41) is 4.71. The van der Waals surface area contributed by atoms with Crippen molar-refractivity contribution in [3.63, 3.8) is 0 Å². The maximum absolute atomic E-state index is 11.1. The predicted octanol–water partition coefficient (Wildman–Crippen LogP) is -0.810. The van der Waals surface area contributed by atoms with E-state index in [4.69, 9.17) is 0 Å². The highest BCUT2D eigenvalue weighted by molar-refractivity contribution is 5.87. The first-order valence-corrected chi connectivity index (χ1v) is 4.67.